The number of nitrogens with one attached hydrogen (secondary N) is 2. The number of thiophene rings is 2. The average Bonchev–Trinajstić information content (AvgIpc) is 3.45. The Morgan fingerprint density at radius 3 is 2.58 bits per heavy atom. The molecule has 33 heavy (non-hydrogen) atoms. The highest BCUT2D eigenvalue weighted by Crippen LogP contribution is 2.37. The van der Waals surface area contributed by atoms with E-state index in [1.165, 1.54) is 28.7 Å². The topological polar surface area (TPSA) is 128 Å². The largest absolute Gasteiger partial charge is 0.452 e. The minimum Gasteiger partial charge on any atom is -0.452 e. The van der Waals surface area contributed by atoms with Crippen molar-refractivity contribution in [3.63, 3.8) is 0 Å². The standard InChI is InChI=1S/C23H21N3O5S2/c24-20(28)19-15-6-2-4-8-17(15)33-22(19)26-18(27)11-31-23(30)14-5-1-3-7-16(14)25-21(29)13-9-10-32-12-13/h1,3,5,7,9-10,12H,2,4,6,8,11H2,(H2,24,28)(H,25,29)(H,26,27). The van der Waals surface area contributed by atoms with E-state index in [9.17, 15) is 19.2 Å². The van der Waals surface area contributed by atoms with E-state index in [-0.39, 0.29) is 17.2 Å². The maximum absolute atomic E-state index is 12.6. The van der Waals surface area contributed by atoms with E-state index < -0.39 is 24.4 Å². The van der Waals surface area contributed by atoms with Gasteiger partial charge in [0, 0.05) is 10.3 Å². The molecule has 2 heterocycles. The molecule has 0 spiro atoms. The van der Waals surface area contributed by atoms with Gasteiger partial charge in [0.2, 0.25) is 0 Å². The van der Waals surface area contributed by atoms with Crippen LogP contribution >= 0.6 is 22.7 Å². The molecule has 0 bridgehead atoms. The zero-order valence-corrected chi connectivity index (χ0v) is 19.1. The summed E-state index contributed by atoms with van der Waals surface area (Å²) < 4.78 is 5.17. The number of nitrogens with two attached hydrogens (primary N) is 1. The van der Waals surface area contributed by atoms with Gasteiger partial charge in [-0.05, 0) is 54.8 Å². The smallest absolute Gasteiger partial charge is 0.340 e. The fourth-order valence-corrected chi connectivity index (χ4v) is 5.59. The second kappa shape index (κ2) is 9.97. The van der Waals surface area contributed by atoms with Gasteiger partial charge in [-0.15, -0.1) is 11.3 Å². The van der Waals surface area contributed by atoms with E-state index in [0.29, 0.717) is 16.1 Å². The molecule has 0 atom stereocenters. The number of primary amides is 1. The van der Waals surface area contributed by atoms with Gasteiger partial charge in [0.15, 0.2) is 6.61 Å². The molecule has 2 aromatic heterocycles. The Kier molecular flexibility index (Phi) is 6.85. The molecule has 0 saturated carbocycles. The van der Waals surface area contributed by atoms with Crippen molar-refractivity contribution >= 4 is 57.1 Å². The normalized spacial score (nSPS) is 12.5. The first kappa shape index (κ1) is 22.7. The molecule has 1 aromatic carbocycles. The second-order valence-electron chi connectivity index (χ2n) is 7.42. The molecule has 4 N–H and O–H groups in total. The van der Waals surface area contributed by atoms with Gasteiger partial charge in [-0.3, -0.25) is 14.4 Å². The molecule has 1 aliphatic rings. The lowest BCUT2D eigenvalue weighted by atomic mass is 9.95. The molecule has 0 aliphatic heterocycles. The van der Waals surface area contributed by atoms with Crippen LogP contribution in [0.5, 0.6) is 0 Å². The predicted molar refractivity (Wildman–Crippen MR) is 127 cm³/mol. The Balaban J connectivity index is 1.41. The summed E-state index contributed by atoms with van der Waals surface area (Å²) in [6.45, 7) is -0.549. The molecular weight excluding hydrogens is 462 g/mol. The number of para-hydroxylation sites is 1. The zero-order valence-electron chi connectivity index (χ0n) is 17.5. The van der Waals surface area contributed by atoms with E-state index in [4.69, 9.17) is 10.5 Å². The summed E-state index contributed by atoms with van der Waals surface area (Å²) in [5, 5.41) is 9.20. The molecule has 4 rings (SSSR count). The maximum atomic E-state index is 12.6. The van der Waals surface area contributed by atoms with Gasteiger partial charge in [-0.25, -0.2) is 4.79 Å². The number of carbonyl (C=O) groups excluding carboxylic acids is 4. The monoisotopic (exact) mass is 483 g/mol. The number of amides is 3. The van der Waals surface area contributed by atoms with Gasteiger partial charge >= 0.3 is 5.97 Å². The number of aryl methyl sites for hydroxylation is 1. The van der Waals surface area contributed by atoms with Crippen LogP contribution in [0.4, 0.5) is 10.7 Å². The number of hydrogen-bond acceptors (Lipinski definition) is 7. The van der Waals surface area contributed by atoms with Crippen molar-refractivity contribution in [2.24, 2.45) is 5.73 Å². The number of benzene rings is 1. The second-order valence-corrected chi connectivity index (χ2v) is 9.30. The Hall–Kier alpha value is -3.50. The van der Waals surface area contributed by atoms with Gasteiger partial charge in [-0.1, -0.05) is 12.1 Å². The van der Waals surface area contributed by atoms with Gasteiger partial charge in [0.05, 0.1) is 22.4 Å². The minimum absolute atomic E-state index is 0.123. The highest BCUT2D eigenvalue weighted by Gasteiger charge is 2.25. The Bertz CT molecular complexity index is 1220. The first-order valence-corrected chi connectivity index (χ1v) is 12.0. The maximum Gasteiger partial charge on any atom is 0.340 e. The summed E-state index contributed by atoms with van der Waals surface area (Å²) in [7, 11) is 0. The van der Waals surface area contributed by atoms with Gasteiger partial charge in [0.25, 0.3) is 17.7 Å². The first-order chi connectivity index (χ1) is 15.9. The molecular formula is C23H21N3O5S2. The summed E-state index contributed by atoms with van der Waals surface area (Å²) in [5.74, 6) is -2.27. The predicted octanol–water partition coefficient (Wildman–Crippen LogP) is 3.84. The zero-order chi connectivity index (χ0) is 23.4. The average molecular weight is 484 g/mol. The van der Waals surface area contributed by atoms with Crippen molar-refractivity contribution in [1.82, 2.24) is 0 Å². The van der Waals surface area contributed by atoms with Crippen LogP contribution in [0, 0.1) is 0 Å². The highest BCUT2D eigenvalue weighted by atomic mass is 32.1. The molecule has 0 radical (unpaired) electrons. The molecule has 3 aromatic rings. The fraction of sp³-hybridized carbons (Fsp3) is 0.217. The van der Waals surface area contributed by atoms with Crippen LogP contribution in [-0.2, 0) is 22.4 Å². The van der Waals surface area contributed by atoms with Crippen LogP contribution in [0.2, 0.25) is 0 Å². The lowest BCUT2D eigenvalue weighted by Crippen LogP contribution is -2.23. The van der Waals surface area contributed by atoms with E-state index in [1.807, 2.05) is 0 Å². The van der Waals surface area contributed by atoms with Crippen LogP contribution in [0.1, 0.15) is 54.4 Å². The molecule has 0 fully saturated rings. The quantitative estimate of drug-likeness (QED) is 0.440. The van der Waals surface area contributed by atoms with Crippen LogP contribution in [0.15, 0.2) is 41.1 Å². The summed E-state index contributed by atoms with van der Waals surface area (Å²) in [6.07, 6.45) is 3.60. The first-order valence-electron chi connectivity index (χ1n) is 10.3. The Morgan fingerprint density at radius 2 is 1.82 bits per heavy atom. The fourth-order valence-electron chi connectivity index (χ4n) is 3.64. The van der Waals surface area contributed by atoms with Crippen LogP contribution in [0.3, 0.4) is 0 Å². The summed E-state index contributed by atoms with van der Waals surface area (Å²) in [6, 6.07) is 8.06. The molecule has 170 valence electrons. The summed E-state index contributed by atoms with van der Waals surface area (Å²) in [4.78, 5) is 50.4. The van der Waals surface area contributed by atoms with Crippen molar-refractivity contribution in [1.29, 1.82) is 0 Å². The van der Waals surface area contributed by atoms with Crippen LogP contribution in [0.25, 0.3) is 0 Å². The number of rotatable bonds is 7. The van der Waals surface area contributed by atoms with Gasteiger partial charge in [-0.2, -0.15) is 11.3 Å². The number of fused-ring (bicyclic) bond motifs is 1. The van der Waals surface area contributed by atoms with Crippen molar-refractivity contribution in [3.05, 3.63) is 68.2 Å². The molecule has 1 aliphatic carbocycles. The lowest BCUT2D eigenvalue weighted by Gasteiger charge is -2.11. The third-order valence-corrected chi connectivity index (χ3v) is 7.07. The van der Waals surface area contributed by atoms with Crippen molar-refractivity contribution in [2.75, 3.05) is 17.2 Å². The molecule has 10 heteroatoms. The SMILES string of the molecule is NC(=O)c1c(NC(=O)COC(=O)c2ccccc2NC(=O)c2ccsc2)sc2c1CCCC2. The van der Waals surface area contributed by atoms with Crippen molar-refractivity contribution in [2.45, 2.75) is 25.7 Å². The number of anilines is 2. The third-order valence-electron chi connectivity index (χ3n) is 5.18. The van der Waals surface area contributed by atoms with E-state index in [1.54, 1.807) is 35.0 Å². The summed E-state index contributed by atoms with van der Waals surface area (Å²) in [5.41, 5.74) is 7.67. The van der Waals surface area contributed by atoms with Crippen LogP contribution in [-0.4, -0.2) is 30.3 Å². The molecule has 0 unspecified atom stereocenters. The van der Waals surface area contributed by atoms with Crippen LogP contribution < -0.4 is 16.4 Å². The Morgan fingerprint density at radius 1 is 1.03 bits per heavy atom. The van der Waals surface area contributed by atoms with E-state index in [2.05, 4.69) is 10.6 Å². The Labute approximate surface area is 197 Å². The number of esters is 1. The number of ether oxygens (including phenoxy) is 1. The minimum atomic E-state index is -0.757. The third kappa shape index (κ3) is 5.12. The van der Waals surface area contributed by atoms with E-state index in [0.717, 1.165) is 36.1 Å². The van der Waals surface area contributed by atoms with Gasteiger partial charge in [0.1, 0.15) is 5.00 Å². The van der Waals surface area contributed by atoms with Crippen molar-refractivity contribution in [3.8, 4) is 0 Å². The molecule has 8 nitrogen and oxygen atoms in total. The lowest BCUT2D eigenvalue weighted by molar-refractivity contribution is -0.119. The number of hydrogen-bond donors (Lipinski definition) is 3. The van der Waals surface area contributed by atoms with Gasteiger partial charge < -0.3 is 21.1 Å². The van der Waals surface area contributed by atoms with E-state index >= 15 is 0 Å². The highest BCUT2D eigenvalue weighted by molar-refractivity contribution is 7.17. The van der Waals surface area contributed by atoms with Crippen molar-refractivity contribution < 1.29 is 23.9 Å². The number of carbonyl (C=O) groups is 4. The molecule has 0 saturated heterocycles. The molecule has 3 amide bonds. The summed E-state index contributed by atoms with van der Waals surface area (Å²) >= 11 is 2.72.